The van der Waals surface area contributed by atoms with Crippen LogP contribution in [0.5, 0.6) is 5.75 Å². The highest BCUT2D eigenvalue weighted by molar-refractivity contribution is 5.96. The van der Waals surface area contributed by atoms with Crippen LogP contribution in [0.25, 0.3) is 0 Å². The minimum atomic E-state index is -0.622. The zero-order valence-corrected chi connectivity index (χ0v) is 24.5. The summed E-state index contributed by atoms with van der Waals surface area (Å²) in [7, 11) is 0. The molecule has 10 heteroatoms. The number of hydrogen-bond acceptors (Lipinski definition) is 10. The van der Waals surface area contributed by atoms with Crippen LogP contribution in [0.3, 0.4) is 0 Å². The molecule has 0 radical (unpaired) electrons. The molecule has 3 heterocycles. The van der Waals surface area contributed by atoms with Gasteiger partial charge in [-0.05, 0) is 64.5 Å². The third-order valence-electron chi connectivity index (χ3n) is 7.80. The highest BCUT2D eigenvalue weighted by Crippen LogP contribution is 2.46. The Morgan fingerprint density at radius 3 is 2.29 bits per heavy atom. The van der Waals surface area contributed by atoms with Gasteiger partial charge in [0, 0.05) is 11.5 Å². The molecule has 1 saturated carbocycles. The van der Waals surface area contributed by atoms with E-state index in [4.69, 9.17) is 28.8 Å². The smallest absolute Gasteiger partial charge is 0.345 e. The maximum atomic E-state index is 11.4. The number of rotatable bonds is 8. The predicted octanol–water partition coefficient (Wildman–Crippen LogP) is 3.83. The van der Waals surface area contributed by atoms with Crippen LogP contribution in [0.15, 0.2) is 60.2 Å². The van der Waals surface area contributed by atoms with Crippen molar-refractivity contribution in [1.82, 2.24) is 0 Å². The lowest BCUT2D eigenvalue weighted by atomic mass is 9.88. The standard InChI is InChI=1S/C11H12O5.C11H18O2.C10H10O3/c1-5(3-12)11(13)16-9-7-2-6-4-14-10(9)8(6)15-7;1-4-11(7-5-6-8-11)13-10(12)9(2)3;1-8(7-11)10(12)13-9-5-3-2-4-6-9/h6-10H,2,4H2,1H3;2,4-8H2,1,3H3;2-6,11H,1,7H2. The number of ether oxygens (including phenoxy) is 5. The third kappa shape index (κ3) is 8.26. The van der Waals surface area contributed by atoms with E-state index in [9.17, 15) is 19.2 Å². The van der Waals surface area contributed by atoms with E-state index in [2.05, 4.69) is 20.1 Å². The van der Waals surface area contributed by atoms with E-state index < -0.39 is 11.9 Å². The van der Waals surface area contributed by atoms with Gasteiger partial charge in [0.2, 0.25) is 0 Å². The summed E-state index contributed by atoms with van der Waals surface area (Å²) in [5.41, 5.74) is 0.330. The number of benzene rings is 1. The predicted molar refractivity (Wildman–Crippen MR) is 152 cm³/mol. The van der Waals surface area contributed by atoms with Crippen LogP contribution in [0.1, 0.15) is 59.3 Å². The minimum Gasteiger partial charge on any atom is -0.456 e. The normalized spacial score (nSPS) is 25.5. The van der Waals surface area contributed by atoms with Crippen molar-refractivity contribution in [2.24, 2.45) is 5.92 Å². The summed E-state index contributed by atoms with van der Waals surface area (Å²) in [6.07, 6.45) is 5.69. The van der Waals surface area contributed by atoms with Gasteiger partial charge in [-0.25, -0.2) is 19.2 Å². The number of esters is 3. The second kappa shape index (κ2) is 15.1. The van der Waals surface area contributed by atoms with Crippen LogP contribution in [-0.4, -0.2) is 72.2 Å². The highest BCUT2D eigenvalue weighted by atomic mass is 16.6. The van der Waals surface area contributed by atoms with Gasteiger partial charge < -0.3 is 28.8 Å². The molecule has 1 aromatic rings. The van der Waals surface area contributed by atoms with Crippen molar-refractivity contribution in [3.8, 4) is 5.75 Å². The van der Waals surface area contributed by atoms with Gasteiger partial charge >= 0.3 is 17.9 Å². The van der Waals surface area contributed by atoms with Crippen molar-refractivity contribution < 1.29 is 48.0 Å². The maximum Gasteiger partial charge on any atom is 0.345 e. The van der Waals surface area contributed by atoms with Crippen molar-refractivity contribution in [2.75, 3.05) is 13.2 Å². The Morgan fingerprint density at radius 2 is 1.71 bits per heavy atom. The summed E-state index contributed by atoms with van der Waals surface area (Å²) >= 11 is 0. The summed E-state index contributed by atoms with van der Waals surface area (Å²) < 4.78 is 26.8. The topological polar surface area (TPSA) is 135 Å². The Bertz CT molecular complexity index is 1190. The number of carbonyl (C=O) groups is 3. The van der Waals surface area contributed by atoms with E-state index in [1.807, 2.05) is 6.07 Å². The monoisotopic (exact) mass is 584 g/mol. The second-order valence-electron chi connectivity index (χ2n) is 10.9. The summed E-state index contributed by atoms with van der Waals surface area (Å²) in [6, 6.07) is 8.64. The SMILES string of the molecule is C=C(C)C(=O)OC1(CC)CCCC1.C=C(CO)C(=O)Oc1ccccc1.CC(=C=O)C(=O)OC1C2CC3COC1C3O2. The molecule has 0 spiro atoms. The average molecular weight is 585 g/mol. The van der Waals surface area contributed by atoms with Crippen molar-refractivity contribution >= 4 is 23.8 Å². The summed E-state index contributed by atoms with van der Waals surface area (Å²) in [5.74, 6) is 0.977. The van der Waals surface area contributed by atoms with Gasteiger partial charge in [0.1, 0.15) is 29.0 Å². The summed E-state index contributed by atoms with van der Waals surface area (Å²) in [6.45, 7) is 12.4. The van der Waals surface area contributed by atoms with Gasteiger partial charge in [-0.2, -0.15) is 0 Å². The lowest BCUT2D eigenvalue weighted by Crippen LogP contribution is -2.40. The van der Waals surface area contributed by atoms with Crippen LogP contribution >= 0.6 is 0 Å². The summed E-state index contributed by atoms with van der Waals surface area (Å²) in [5, 5.41) is 8.58. The fraction of sp³-hybridized carbons (Fsp3) is 0.531. The molecule has 1 aliphatic carbocycles. The second-order valence-corrected chi connectivity index (χ2v) is 10.9. The Hall–Kier alpha value is -3.56. The first kappa shape index (κ1) is 32.9. The van der Waals surface area contributed by atoms with Crippen LogP contribution in [-0.2, 0) is 38.1 Å². The molecule has 10 nitrogen and oxygen atoms in total. The molecule has 4 fully saturated rings. The Labute approximate surface area is 246 Å². The molecule has 3 saturated heterocycles. The highest BCUT2D eigenvalue weighted by Gasteiger charge is 2.60. The molecule has 1 N–H and O–H groups in total. The molecule has 0 amide bonds. The van der Waals surface area contributed by atoms with Crippen LogP contribution in [0.2, 0.25) is 0 Å². The summed E-state index contributed by atoms with van der Waals surface area (Å²) in [4.78, 5) is 44.2. The van der Waals surface area contributed by atoms with Gasteiger partial charge in [0.05, 0.1) is 31.0 Å². The third-order valence-corrected chi connectivity index (χ3v) is 7.80. The molecule has 42 heavy (non-hydrogen) atoms. The molecule has 5 unspecified atom stereocenters. The Balaban J connectivity index is 0.000000175. The molecule has 228 valence electrons. The Kier molecular flexibility index (Phi) is 11.8. The van der Waals surface area contributed by atoms with Crippen molar-refractivity contribution in [3.05, 3.63) is 60.2 Å². The molecule has 1 aromatic carbocycles. The van der Waals surface area contributed by atoms with Gasteiger partial charge in [0.15, 0.2) is 6.10 Å². The first-order valence-electron chi connectivity index (χ1n) is 14.2. The van der Waals surface area contributed by atoms with Gasteiger partial charge in [0.25, 0.3) is 0 Å². The minimum absolute atomic E-state index is 0.0441. The molecule has 5 rings (SSSR count). The fourth-order valence-electron chi connectivity index (χ4n) is 5.30. The van der Waals surface area contributed by atoms with Crippen molar-refractivity contribution in [2.45, 2.75) is 89.3 Å². The number of fused-ring (bicyclic) bond motifs is 1. The zero-order valence-electron chi connectivity index (χ0n) is 24.5. The lowest BCUT2D eigenvalue weighted by Gasteiger charge is -2.27. The molecule has 5 atom stereocenters. The van der Waals surface area contributed by atoms with E-state index in [0.717, 1.165) is 25.7 Å². The van der Waals surface area contributed by atoms with E-state index in [0.29, 0.717) is 23.8 Å². The van der Waals surface area contributed by atoms with Crippen LogP contribution in [0, 0.1) is 5.92 Å². The molecular weight excluding hydrogens is 544 g/mol. The number of carbonyl (C=O) groups excluding carboxylic acids is 4. The average Bonchev–Trinajstić information content (AvgIpc) is 3.76. The molecule has 0 aromatic heterocycles. The molecule has 2 bridgehead atoms. The van der Waals surface area contributed by atoms with Crippen LogP contribution in [0.4, 0.5) is 0 Å². The number of aliphatic hydroxyl groups excluding tert-OH is 1. The Morgan fingerprint density at radius 1 is 1.05 bits per heavy atom. The molecule has 4 aliphatic rings. The number of para-hydroxylation sites is 1. The van der Waals surface area contributed by atoms with Crippen molar-refractivity contribution in [3.63, 3.8) is 0 Å². The lowest BCUT2D eigenvalue weighted by molar-refractivity contribution is -0.154. The molecule has 3 aliphatic heterocycles. The maximum absolute atomic E-state index is 11.4. The van der Waals surface area contributed by atoms with Crippen molar-refractivity contribution in [1.29, 1.82) is 0 Å². The fourth-order valence-corrected chi connectivity index (χ4v) is 5.30. The molecular formula is C32H40O10. The van der Waals surface area contributed by atoms with Gasteiger partial charge in [-0.1, -0.05) is 38.3 Å². The first-order chi connectivity index (χ1) is 20.0. The van der Waals surface area contributed by atoms with E-state index in [1.54, 1.807) is 31.2 Å². The van der Waals surface area contributed by atoms with E-state index in [1.165, 1.54) is 25.7 Å². The number of hydrogen-bond donors (Lipinski definition) is 1. The van der Waals surface area contributed by atoms with Gasteiger partial charge in [-0.15, -0.1) is 0 Å². The first-order valence-corrected chi connectivity index (χ1v) is 14.2. The van der Waals surface area contributed by atoms with Gasteiger partial charge in [-0.3, -0.25) is 0 Å². The largest absolute Gasteiger partial charge is 0.456 e. The van der Waals surface area contributed by atoms with Crippen LogP contribution < -0.4 is 4.74 Å². The van der Waals surface area contributed by atoms with E-state index in [-0.39, 0.29) is 53.7 Å². The zero-order chi connectivity index (χ0) is 30.9. The number of aliphatic hydroxyl groups is 1. The quantitative estimate of drug-likeness (QED) is 0.208. The van der Waals surface area contributed by atoms with E-state index >= 15 is 0 Å².